The number of hydrogen-bond acceptors (Lipinski definition) is 5. The summed E-state index contributed by atoms with van der Waals surface area (Å²) >= 11 is 0. The molecular weight excluding hydrogens is 322 g/mol. The highest BCUT2D eigenvalue weighted by Crippen LogP contribution is 2.39. The van der Waals surface area contributed by atoms with Crippen LogP contribution >= 0.6 is 0 Å². The van der Waals surface area contributed by atoms with Gasteiger partial charge in [0.2, 0.25) is 11.7 Å². The van der Waals surface area contributed by atoms with Crippen molar-refractivity contribution in [3.05, 3.63) is 35.7 Å². The second-order valence-electron chi connectivity index (χ2n) is 5.45. The van der Waals surface area contributed by atoms with Gasteiger partial charge in [-0.1, -0.05) is 17.3 Å². The normalized spacial score (nSPS) is 19.7. The molecule has 0 aliphatic carbocycles. The summed E-state index contributed by atoms with van der Waals surface area (Å²) in [6.07, 6.45) is -2.57. The van der Waals surface area contributed by atoms with Crippen LogP contribution in [0.2, 0.25) is 0 Å². The average Bonchev–Trinajstić information content (AvgIpc) is 3.03. The van der Waals surface area contributed by atoms with Gasteiger partial charge in [-0.25, -0.2) is 13.6 Å². The van der Waals surface area contributed by atoms with Crippen molar-refractivity contribution in [3.63, 3.8) is 0 Å². The van der Waals surface area contributed by atoms with Gasteiger partial charge in [-0.05, 0) is 12.1 Å². The van der Waals surface area contributed by atoms with E-state index in [1.165, 1.54) is 6.07 Å². The number of rotatable bonds is 2. The summed E-state index contributed by atoms with van der Waals surface area (Å²) in [6.45, 7) is -0.311. The van der Waals surface area contributed by atoms with Crippen molar-refractivity contribution >= 4 is 6.09 Å². The fourth-order valence-electron chi connectivity index (χ4n) is 2.60. The highest BCUT2D eigenvalue weighted by Gasteiger charge is 2.45. The Hall–Kier alpha value is -3.02. The van der Waals surface area contributed by atoms with Crippen LogP contribution in [0.3, 0.4) is 0 Å². The Morgan fingerprint density at radius 1 is 1.50 bits per heavy atom. The Kier molecular flexibility index (Phi) is 3.89. The van der Waals surface area contributed by atoms with Gasteiger partial charge in [0.15, 0.2) is 0 Å². The number of hydrogen-bond donors (Lipinski definition) is 1. The Labute approximate surface area is 135 Å². The Balaban J connectivity index is 1.93. The maximum Gasteiger partial charge on any atom is 0.407 e. The summed E-state index contributed by atoms with van der Waals surface area (Å²) in [5.41, 5.74) is 0.865. The minimum Gasteiger partial charge on any atom is -0.465 e. The fourth-order valence-corrected chi connectivity index (χ4v) is 2.60. The van der Waals surface area contributed by atoms with Crippen LogP contribution in [0.5, 0.6) is 0 Å². The lowest BCUT2D eigenvalue weighted by atomic mass is 9.99. The lowest BCUT2D eigenvalue weighted by Crippen LogP contribution is -2.44. The first-order valence-electron chi connectivity index (χ1n) is 7.11. The van der Waals surface area contributed by atoms with Crippen LogP contribution in [0.15, 0.2) is 28.8 Å². The second-order valence-corrected chi connectivity index (χ2v) is 5.45. The van der Waals surface area contributed by atoms with E-state index in [0.29, 0.717) is 11.1 Å². The monoisotopic (exact) mass is 334 g/mol. The predicted octanol–water partition coefficient (Wildman–Crippen LogP) is 3.06. The van der Waals surface area contributed by atoms with Crippen LogP contribution in [-0.2, 0) is 0 Å². The molecule has 2 aromatic rings. The first kappa shape index (κ1) is 15.9. The minimum absolute atomic E-state index is 0.112. The van der Waals surface area contributed by atoms with Crippen molar-refractivity contribution in [1.29, 1.82) is 5.26 Å². The fraction of sp³-hybridized carbons (Fsp3) is 0.333. The quantitative estimate of drug-likeness (QED) is 0.905. The number of likely N-dealkylation sites (tertiary alicyclic amines) is 1. The lowest BCUT2D eigenvalue weighted by Gasteiger charge is -2.35. The van der Waals surface area contributed by atoms with Crippen molar-refractivity contribution in [3.8, 4) is 17.5 Å². The molecule has 1 fully saturated rings. The first-order valence-corrected chi connectivity index (χ1v) is 7.11. The van der Waals surface area contributed by atoms with Gasteiger partial charge in [-0.15, -0.1) is 0 Å². The molecule has 24 heavy (non-hydrogen) atoms. The van der Waals surface area contributed by atoms with Crippen molar-refractivity contribution in [1.82, 2.24) is 15.0 Å². The number of nitrogens with zero attached hydrogens (tertiary/aromatic N) is 4. The zero-order valence-electron chi connectivity index (χ0n) is 12.3. The molecule has 2 heterocycles. The zero-order valence-corrected chi connectivity index (χ0v) is 12.3. The van der Waals surface area contributed by atoms with Crippen LogP contribution in [0.1, 0.15) is 30.3 Å². The van der Waals surface area contributed by atoms with Gasteiger partial charge in [0.05, 0.1) is 11.6 Å². The number of aromatic nitrogens is 2. The van der Waals surface area contributed by atoms with E-state index in [4.69, 9.17) is 9.78 Å². The van der Waals surface area contributed by atoms with Gasteiger partial charge in [-0.2, -0.15) is 10.2 Å². The number of alkyl halides is 2. The Morgan fingerprint density at radius 3 is 3.00 bits per heavy atom. The summed E-state index contributed by atoms with van der Waals surface area (Å²) < 4.78 is 32.3. The van der Waals surface area contributed by atoms with E-state index in [9.17, 15) is 18.7 Å². The predicted molar refractivity (Wildman–Crippen MR) is 76.1 cm³/mol. The molecule has 9 heteroatoms. The zero-order chi connectivity index (χ0) is 17.3. The summed E-state index contributed by atoms with van der Waals surface area (Å²) in [6, 6.07) is 7.16. The maximum atomic E-state index is 13.7. The summed E-state index contributed by atoms with van der Waals surface area (Å²) in [5, 5.41) is 21.8. The Morgan fingerprint density at radius 2 is 2.29 bits per heavy atom. The van der Waals surface area contributed by atoms with Crippen LogP contribution in [0, 0.1) is 11.3 Å². The van der Waals surface area contributed by atoms with Crippen molar-refractivity contribution in [2.24, 2.45) is 0 Å². The molecule has 7 nitrogen and oxygen atoms in total. The van der Waals surface area contributed by atoms with Crippen LogP contribution in [-0.4, -0.2) is 38.7 Å². The number of benzene rings is 1. The number of halogens is 2. The van der Waals surface area contributed by atoms with E-state index in [1.54, 1.807) is 18.2 Å². The first-order chi connectivity index (χ1) is 11.4. The number of nitriles is 1. The molecule has 1 saturated heterocycles. The molecule has 0 radical (unpaired) electrons. The molecule has 0 bridgehead atoms. The van der Waals surface area contributed by atoms with E-state index < -0.39 is 30.9 Å². The SMILES string of the molecule is N#Cc1cccc(-c2noc(C3CC(F)(F)CCN3C(=O)O)n2)c1. The van der Waals surface area contributed by atoms with Crippen molar-refractivity contribution < 1.29 is 23.2 Å². The third-order valence-corrected chi connectivity index (χ3v) is 3.81. The summed E-state index contributed by atoms with van der Waals surface area (Å²) in [7, 11) is 0. The largest absolute Gasteiger partial charge is 0.465 e. The minimum atomic E-state index is -2.99. The number of piperidine rings is 1. The number of amides is 1. The smallest absolute Gasteiger partial charge is 0.407 e. The van der Waals surface area contributed by atoms with Gasteiger partial charge >= 0.3 is 6.09 Å². The van der Waals surface area contributed by atoms with Crippen LogP contribution in [0.4, 0.5) is 13.6 Å². The molecule has 1 aromatic heterocycles. The summed E-state index contributed by atoms with van der Waals surface area (Å²) in [4.78, 5) is 16.2. The molecule has 1 atom stereocenters. The second kappa shape index (κ2) is 5.88. The van der Waals surface area contributed by atoms with Crippen LogP contribution < -0.4 is 0 Å². The van der Waals surface area contributed by atoms with E-state index in [0.717, 1.165) is 4.90 Å². The average molecular weight is 334 g/mol. The molecule has 0 saturated carbocycles. The van der Waals surface area contributed by atoms with Gasteiger partial charge < -0.3 is 9.63 Å². The van der Waals surface area contributed by atoms with E-state index in [2.05, 4.69) is 10.1 Å². The van der Waals surface area contributed by atoms with Gasteiger partial charge in [0.25, 0.3) is 5.92 Å². The van der Waals surface area contributed by atoms with Crippen LogP contribution in [0.25, 0.3) is 11.4 Å². The molecular formula is C15H12F2N4O3. The van der Waals surface area contributed by atoms with Gasteiger partial charge in [0, 0.05) is 24.9 Å². The third kappa shape index (κ3) is 3.03. The lowest BCUT2D eigenvalue weighted by molar-refractivity contribution is -0.0773. The highest BCUT2D eigenvalue weighted by molar-refractivity contribution is 5.66. The summed E-state index contributed by atoms with van der Waals surface area (Å²) in [5.74, 6) is -3.07. The van der Waals surface area contributed by atoms with Crippen molar-refractivity contribution in [2.75, 3.05) is 6.54 Å². The standard InChI is InChI=1S/C15H12F2N4O3/c16-15(17)4-5-21(14(22)23)11(7-15)13-19-12(20-24-13)10-3-1-2-9(6-10)8-18/h1-3,6,11H,4-5,7H2,(H,22,23). The molecule has 3 rings (SSSR count). The van der Waals surface area contributed by atoms with E-state index in [1.807, 2.05) is 6.07 Å². The van der Waals surface area contributed by atoms with E-state index >= 15 is 0 Å². The molecule has 1 aromatic carbocycles. The molecule has 124 valence electrons. The maximum absolute atomic E-state index is 13.7. The molecule has 1 amide bonds. The Bertz CT molecular complexity index is 815. The van der Waals surface area contributed by atoms with Gasteiger partial charge in [-0.3, -0.25) is 4.90 Å². The molecule has 1 N–H and O–H groups in total. The number of carbonyl (C=O) groups is 1. The molecule has 1 aliphatic rings. The highest BCUT2D eigenvalue weighted by atomic mass is 19.3. The molecule has 0 spiro atoms. The molecule has 1 aliphatic heterocycles. The topological polar surface area (TPSA) is 103 Å². The van der Waals surface area contributed by atoms with Gasteiger partial charge in [0.1, 0.15) is 6.04 Å². The third-order valence-electron chi connectivity index (χ3n) is 3.81. The van der Waals surface area contributed by atoms with Crippen molar-refractivity contribution in [2.45, 2.75) is 24.8 Å². The number of carboxylic acid groups (broad SMARTS) is 1. The van der Waals surface area contributed by atoms with E-state index in [-0.39, 0.29) is 18.3 Å². The molecule has 1 unspecified atom stereocenters.